The molecule has 2 aromatic rings. The van der Waals surface area contributed by atoms with E-state index in [-0.39, 0.29) is 25.5 Å². The number of esters is 1. The van der Waals surface area contributed by atoms with Crippen LogP contribution in [0.3, 0.4) is 0 Å². The summed E-state index contributed by atoms with van der Waals surface area (Å²) in [5, 5.41) is 17.4. The number of aromatic nitrogens is 3. The molecule has 1 N–H and O–H groups in total. The molecule has 0 radical (unpaired) electrons. The zero-order valence-electron chi connectivity index (χ0n) is 10.9. The van der Waals surface area contributed by atoms with Crippen LogP contribution in [0.1, 0.15) is 17.4 Å². The van der Waals surface area contributed by atoms with E-state index in [1.165, 1.54) is 4.68 Å². The van der Waals surface area contributed by atoms with Gasteiger partial charge in [0.1, 0.15) is 5.69 Å². The van der Waals surface area contributed by atoms with E-state index in [1.54, 1.807) is 31.2 Å². The van der Waals surface area contributed by atoms with E-state index in [9.17, 15) is 4.79 Å². The monoisotopic (exact) mass is 295 g/mol. The van der Waals surface area contributed by atoms with Crippen molar-refractivity contribution in [1.29, 1.82) is 0 Å². The van der Waals surface area contributed by atoms with Gasteiger partial charge < -0.3 is 9.84 Å². The van der Waals surface area contributed by atoms with Gasteiger partial charge in [-0.05, 0) is 19.1 Å². The predicted octanol–water partition coefficient (Wildman–Crippen LogP) is 1.77. The average Bonchev–Trinajstić information content (AvgIpc) is 2.84. The number of benzene rings is 1. The Morgan fingerprint density at radius 1 is 1.40 bits per heavy atom. The van der Waals surface area contributed by atoms with Crippen LogP contribution >= 0.6 is 11.6 Å². The van der Waals surface area contributed by atoms with Crippen LogP contribution in [0.15, 0.2) is 24.3 Å². The summed E-state index contributed by atoms with van der Waals surface area (Å²) in [5.41, 5.74) is 1.37. The van der Waals surface area contributed by atoms with E-state index in [0.29, 0.717) is 10.7 Å². The maximum Gasteiger partial charge on any atom is 0.361 e. The number of ether oxygens (including phenoxy) is 1. The Morgan fingerprint density at radius 3 is 2.70 bits per heavy atom. The van der Waals surface area contributed by atoms with Crippen molar-refractivity contribution in [3.8, 4) is 11.3 Å². The Bertz CT molecular complexity index is 595. The molecule has 0 bridgehead atoms. The third-order valence-electron chi connectivity index (χ3n) is 2.63. The van der Waals surface area contributed by atoms with Gasteiger partial charge in [0.15, 0.2) is 5.69 Å². The average molecular weight is 296 g/mol. The van der Waals surface area contributed by atoms with Crippen molar-refractivity contribution in [2.24, 2.45) is 0 Å². The molecule has 0 aliphatic rings. The number of carbonyl (C=O) groups is 1. The Balaban J connectivity index is 2.49. The maximum absolute atomic E-state index is 11.9. The molecule has 0 amide bonds. The summed E-state index contributed by atoms with van der Waals surface area (Å²) in [6.45, 7) is 2.11. The number of aliphatic hydroxyl groups is 1. The lowest BCUT2D eigenvalue weighted by Crippen LogP contribution is -2.09. The van der Waals surface area contributed by atoms with Gasteiger partial charge in [-0.2, -0.15) is 0 Å². The van der Waals surface area contributed by atoms with Crippen LogP contribution < -0.4 is 0 Å². The van der Waals surface area contributed by atoms with Crippen LogP contribution in [0.25, 0.3) is 11.3 Å². The number of nitrogens with zero attached hydrogens (tertiary/aromatic N) is 3. The quantitative estimate of drug-likeness (QED) is 0.851. The van der Waals surface area contributed by atoms with Crippen molar-refractivity contribution in [2.75, 3.05) is 13.2 Å². The molecule has 1 heterocycles. The maximum atomic E-state index is 11.9. The first-order valence-electron chi connectivity index (χ1n) is 6.14. The van der Waals surface area contributed by atoms with Crippen molar-refractivity contribution in [3.63, 3.8) is 0 Å². The third-order valence-corrected chi connectivity index (χ3v) is 2.89. The molecule has 6 nitrogen and oxygen atoms in total. The molecule has 2 rings (SSSR count). The van der Waals surface area contributed by atoms with Crippen molar-refractivity contribution in [3.05, 3.63) is 35.0 Å². The van der Waals surface area contributed by atoms with Crippen LogP contribution in [0.5, 0.6) is 0 Å². The van der Waals surface area contributed by atoms with Crippen molar-refractivity contribution in [1.82, 2.24) is 15.0 Å². The predicted molar refractivity (Wildman–Crippen MR) is 73.5 cm³/mol. The zero-order chi connectivity index (χ0) is 14.5. The number of hydrogen-bond acceptors (Lipinski definition) is 5. The van der Waals surface area contributed by atoms with Crippen LogP contribution in [0.2, 0.25) is 5.02 Å². The normalized spacial score (nSPS) is 10.6. The fourth-order valence-corrected chi connectivity index (χ4v) is 1.92. The second-order valence-electron chi connectivity index (χ2n) is 3.96. The van der Waals surface area contributed by atoms with Crippen molar-refractivity contribution in [2.45, 2.75) is 13.5 Å². The molecule has 0 aliphatic carbocycles. The van der Waals surface area contributed by atoms with Gasteiger partial charge in [0.25, 0.3) is 0 Å². The van der Waals surface area contributed by atoms with Gasteiger partial charge >= 0.3 is 5.97 Å². The van der Waals surface area contributed by atoms with Gasteiger partial charge in [-0.1, -0.05) is 28.9 Å². The molecule has 1 aromatic carbocycles. The zero-order valence-corrected chi connectivity index (χ0v) is 11.7. The van der Waals surface area contributed by atoms with E-state index in [4.69, 9.17) is 21.4 Å². The third kappa shape index (κ3) is 2.97. The van der Waals surface area contributed by atoms with Gasteiger partial charge in [0.05, 0.1) is 19.8 Å². The molecule has 20 heavy (non-hydrogen) atoms. The first-order valence-corrected chi connectivity index (χ1v) is 6.52. The van der Waals surface area contributed by atoms with E-state index in [0.717, 1.165) is 5.56 Å². The van der Waals surface area contributed by atoms with Gasteiger partial charge in [-0.25, -0.2) is 9.48 Å². The first-order chi connectivity index (χ1) is 9.67. The minimum absolute atomic E-state index is 0.105. The highest BCUT2D eigenvalue weighted by Crippen LogP contribution is 2.24. The molecular weight excluding hydrogens is 282 g/mol. The highest BCUT2D eigenvalue weighted by Gasteiger charge is 2.21. The highest BCUT2D eigenvalue weighted by molar-refractivity contribution is 6.30. The minimum Gasteiger partial charge on any atom is -0.461 e. The van der Waals surface area contributed by atoms with Crippen LogP contribution in [0.4, 0.5) is 0 Å². The van der Waals surface area contributed by atoms with E-state index in [1.807, 2.05) is 0 Å². The van der Waals surface area contributed by atoms with Gasteiger partial charge in [0, 0.05) is 10.6 Å². The second-order valence-corrected chi connectivity index (χ2v) is 4.40. The van der Waals surface area contributed by atoms with Gasteiger partial charge in [-0.3, -0.25) is 0 Å². The standard InChI is InChI=1S/C13H14ClN3O3/c1-2-20-13(19)11-12(17(7-8-18)16-15-11)9-3-5-10(14)6-4-9/h3-6,18H,2,7-8H2,1H3. The number of rotatable bonds is 5. The number of aliphatic hydroxyl groups excluding tert-OH is 1. The van der Waals surface area contributed by atoms with E-state index >= 15 is 0 Å². The lowest BCUT2D eigenvalue weighted by Gasteiger charge is -2.07. The van der Waals surface area contributed by atoms with Crippen molar-refractivity contribution < 1.29 is 14.6 Å². The SMILES string of the molecule is CCOC(=O)c1nnn(CCO)c1-c1ccc(Cl)cc1. The lowest BCUT2D eigenvalue weighted by molar-refractivity contribution is 0.0520. The Kier molecular flexibility index (Phi) is 4.70. The fraction of sp³-hybridized carbons (Fsp3) is 0.308. The van der Waals surface area contributed by atoms with Crippen LogP contribution in [-0.2, 0) is 11.3 Å². The molecule has 0 unspecified atom stereocenters. The number of carbonyl (C=O) groups excluding carboxylic acids is 1. The molecule has 1 aromatic heterocycles. The summed E-state index contributed by atoms with van der Waals surface area (Å²) in [5.74, 6) is -0.540. The summed E-state index contributed by atoms with van der Waals surface area (Å²) in [4.78, 5) is 11.9. The summed E-state index contributed by atoms with van der Waals surface area (Å²) >= 11 is 5.86. The largest absolute Gasteiger partial charge is 0.461 e. The molecule has 7 heteroatoms. The highest BCUT2D eigenvalue weighted by atomic mass is 35.5. The molecular formula is C13H14ClN3O3. The molecule has 106 valence electrons. The number of halogens is 1. The van der Waals surface area contributed by atoms with Gasteiger partial charge in [-0.15, -0.1) is 5.10 Å². The topological polar surface area (TPSA) is 77.2 Å². The summed E-state index contributed by atoms with van der Waals surface area (Å²) in [6.07, 6.45) is 0. The Hall–Kier alpha value is -1.92. The molecule has 0 fully saturated rings. The minimum atomic E-state index is -0.540. The number of hydrogen-bond donors (Lipinski definition) is 1. The summed E-state index contributed by atoms with van der Waals surface area (Å²) in [6, 6.07) is 6.94. The van der Waals surface area contributed by atoms with E-state index in [2.05, 4.69) is 10.3 Å². The Morgan fingerprint density at radius 2 is 2.10 bits per heavy atom. The van der Waals surface area contributed by atoms with Crippen LogP contribution in [0, 0.1) is 0 Å². The molecule has 0 aliphatic heterocycles. The Labute approximate surface area is 120 Å². The van der Waals surface area contributed by atoms with Gasteiger partial charge in [0.2, 0.25) is 0 Å². The molecule has 0 saturated carbocycles. The lowest BCUT2D eigenvalue weighted by atomic mass is 10.1. The smallest absolute Gasteiger partial charge is 0.361 e. The van der Waals surface area contributed by atoms with Crippen molar-refractivity contribution >= 4 is 17.6 Å². The van der Waals surface area contributed by atoms with Crippen LogP contribution in [-0.4, -0.2) is 39.3 Å². The molecule has 0 saturated heterocycles. The molecule has 0 spiro atoms. The first kappa shape index (κ1) is 14.5. The summed E-state index contributed by atoms with van der Waals surface area (Å²) in [7, 11) is 0. The fourth-order valence-electron chi connectivity index (χ4n) is 1.79. The second kappa shape index (κ2) is 6.49. The molecule has 0 atom stereocenters. The summed E-state index contributed by atoms with van der Waals surface area (Å²) < 4.78 is 6.43. The van der Waals surface area contributed by atoms with E-state index < -0.39 is 5.97 Å².